The number of carbonyl (C=O) groups excluding carboxylic acids is 1. The fourth-order valence-electron chi connectivity index (χ4n) is 3.20. The molecule has 1 aliphatic carbocycles. The quantitative estimate of drug-likeness (QED) is 0.491. The number of esters is 1. The Labute approximate surface area is 133 Å². The summed E-state index contributed by atoms with van der Waals surface area (Å²) in [4.78, 5) is 22.1. The van der Waals surface area contributed by atoms with Crippen molar-refractivity contribution in [2.45, 2.75) is 19.3 Å². The average Bonchev–Trinajstić information content (AvgIpc) is 2.96. The maximum absolute atomic E-state index is 11.4. The first-order chi connectivity index (χ1) is 11.1. The van der Waals surface area contributed by atoms with Crippen molar-refractivity contribution in [1.29, 1.82) is 0 Å². The number of nitrogens with zero attached hydrogens (tertiary/aromatic N) is 1. The minimum absolute atomic E-state index is 0.0968. The van der Waals surface area contributed by atoms with E-state index in [9.17, 15) is 14.9 Å². The molecule has 0 radical (unpaired) electrons. The lowest BCUT2D eigenvalue weighted by molar-refractivity contribution is -0.430. The van der Waals surface area contributed by atoms with Gasteiger partial charge in [-0.2, -0.15) is 0 Å². The van der Waals surface area contributed by atoms with Crippen molar-refractivity contribution < 1.29 is 14.5 Å². The Balaban J connectivity index is 1.97. The monoisotopic (exact) mass is 311 g/mol. The Bertz CT molecular complexity index is 796. The van der Waals surface area contributed by atoms with Crippen LogP contribution in [-0.4, -0.2) is 17.5 Å². The second-order valence-electron chi connectivity index (χ2n) is 5.77. The maximum Gasteiger partial charge on any atom is 0.302 e. The molecule has 5 heteroatoms. The number of benzene rings is 2. The molecule has 0 fully saturated rings. The van der Waals surface area contributed by atoms with Gasteiger partial charge in [0.1, 0.15) is 0 Å². The lowest BCUT2D eigenvalue weighted by Crippen LogP contribution is -2.19. The van der Waals surface area contributed by atoms with Crippen molar-refractivity contribution in [1.82, 2.24) is 0 Å². The van der Waals surface area contributed by atoms with E-state index in [0.717, 1.165) is 16.3 Å². The molecule has 2 aromatic rings. The second kappa shape index (κ2) is 6.20. The standard InChI is InChI=1S/C18H17NO4/c1-12(20)23-11-16-8-9-17(19(21)22)18(16)15-7-6-13-4-2-3-5-14(13)10-15/h2-7,9-10,16,18H,8,11H2,1H3/t16-,18+/m0/s1. The van der Waals surface area contributed by atoms with Gasteiger partial charge in [-0.1, -0.05) is 42.5 Å². The molecule has 2 aromatic carbocycles. The lowest BCUT2D eigenvalue weighted by atomic mass is 9.86. The zero-order valence-electron chi connectivity index (χ0n) is 12.8. The number of ether oxygens (including phenoxy) is 1. The van der Waals surface area contributed by atoms with Crippen molar-refractivity contribution in [3.8, 4) is 0 Å². The number of hydrogen-bond donors (Lipinski definition) is 0. The van der Waals surface area contributed by atoms with Crippen LogP contribution >= 0.6 is 0 Å². The first-order valence-corrected chi connectivity index (χ1v) is 7.53. The van der Waals surface area contributed by atoms with Crippen molar-refractivity contribution in [2.24, 2.45) is 5.92 Å². The van der Waals surface area contributed by atoms with Crippen molar-refractivity contribution in [3.05, 3.63) is 69.9 Å². The molecular formula is C18H17NO4. The van der Waals surface area contributed by atoms with Crippen LogP contribution in [0.3, 0.4) is 0 Å². The van der Waals surface area contributed by atoms with Gasteiger partial charge in [-0.05, 0) is 28.8 Å². The van der Waals surface area contributed by atoms with E-state index in [2.05, 4.69) is 0 Å². The third kappa shape index (κ3) is 3.08. The molecule has 0 aliphatic heterocycles. The van der Waals surface area contributed by atoms with Crippen LogP contribution < -0.4 is 0 Å². The Morgan fingerprint density at radius 3 is 2.70 bits per heavy atom. The van der Waals surface area contributed by atoms with Crippen molar-refractivity contribution in [3.63, 3.8) is 0 Å². The van der Waals surface area contributed by atoms with E-state index >= 15 is 0 Å². The van der Waals surface area contributed by atoms with Crippen LogP contribution in [0.4, 0.5) is 0 Å². The number of hydrogen-bond acceptors (Lipinski definition) is 4. The molecule has 1 aliphatic rings. The molecule has 23 heavy (non-hydrogen) atoms. The molecule has 0 aromatic heterocycles. The Kier molecular flexibility index (Phi) is 4.10. The molecule has 0 heterocycles. The normalized spacial score (nSPS) is 20.3. The second-order valence-corrected chi connectivity index (χ2v) is 5.77. The number of carbonyl (C=O) groups is 1. The lowest BCUT2D eigenvalue weighted by Gasteiger charge is -2.19. The largest absolute Gasteiger partial charge is 0.466 e. The molecule has 0 spiro atoms. The number of fused-ring (bicyclic) bond motifs is 1. The molecule has 0 amide bonds. The molecule has 118 valence electrons. The molecule has 0 unspecified atom stereocenters. The molecule has 2 atom stereocenters. The molecule has 3 rings (SSSR count). The topological polar surface area (TPSA) is 69.4 Å². The fraction of sp³-hybridized carbons (Fsp3) is 0.278. The van der Waals surface area contributed by atoms with Crippen LogP contribution in [0.1, 0.15) is 24.8 Å². The summed E-state index contributed by atoms with van der Waals surface area (Å²) < 4.78 is 5.10. The van der Waals surface area contributed by atoms with E-state index in [1.807, 2.05) is 42.5 Å². The van der Waals surface area contributed by atoms with Crippen LogP contribution in [0.5, 0.6) is 0 Å². The van der Waals surface area contributed by atoms with E-state index in [0.29, 0.717) is 6.42 Å². The zero-order valence-corrected chi connectivity index (χ0v) is 12.8. The predicted octanol–water partition coefficient (Wildman–Crippen LogP) is 3.67. The van der Waals surface area contributed by atoms with E-state index in [-0.39, 0.29) is 35.0 Å². The van der Waals surface area contributed by atoms with Gasteiger partial charge in [0.25, 0.3) is 0 Å². The zero-order chi connectivity index (χ0) is 16.4. The van der Waals surface area contributed by atoms with Gasteiger partial charge in [0.15, 0.2) is 0 Å². The van der Waals surface area contributed by atoms with E-state index in [1.165, 1.54) is 6.92 Å². The summed E-state index contributed by atoms with van der Waals surface area (Å²) in [5, 5.41) is 13.5. The Morgan fingerprint density at radius 1 is 1.26 bits per heavy atom. The number of nitro groups is 1. The third-order valence-electron chi connectivity index (χ3n) is 4.26. The van der Waals surface area contributed by atoms with E-state index < -0.39 is 0 Å². The Morgan fingerprint density at radius 2 is 2.00 bits per heavy atom. The van der Waals surface area contributed by atoms with Crippen LogP contribution in [0.15, 0.2) is 54.2 Å². The molecule has 0 N–H and O–H groups in total. The number of allylic oxidation sites excluding steroid dienone is 2. The third-order valence-corrected chi connectivity index (χ3v) is 4.26. The van der Waals surface area contributed by atoms with Gasteiger partial charge < -0.3 is 4.74 Å². The highest BCUT2D eigenvalue weighted by Crippen LogP contribution is 2.41. The fourth-order valence-corrected chi connectivity index (χ4v) is 3.20. The average molecular weight is 311 g/mol. The van der Waals surface area contributed by atoms with Crippen LogP contribution in [0, 0.1) is 16.0 Å². The molecule has 5 nitrogen and oxygen atoms in total. The summed E-state index contributed by atoms with van der Waals surface area (Å²) in [6.07, 6.45) is 2.19. The smallest absolute Gasteiger partial charge is 0.302 e. The van der Waals surface area contributed by atoms with Gasteiger partial charge in [-0.3, -0.25) is 14.9 Å². The molecular weight excluding hydrogens is 294 g/mol. The highest BCUT2D eigenvalue weighted by Gasteiger charge is 2.39. The van der Waals surface area contributed by atoms with Crippen LogP contribution in [0.25, 0.3) is 10.8 Å². The summed E-state index contributed by atoms with van der Waals surface area (Å²) in [7, 11) is 0. The van der Waals surface area contributed by atoms with Crippen molar-refractivity contribution >= 4 is 16.7 Å². The Hall–Kier alpha value is -2.69. The highest BCUT2D eigenvalue weighted by molar-refractivity contribution is 5.83. The summed E-state index contributed by atoms with van der Waals surface area (Å²) in [6, 6.07) is 13.8. The highest BCUT2D eigenvalue weighted by atomic mass is 16.6. The number of rotatable bonds is 4. The van der Waals surface area contributed by atoms with E-state index in [4.69, 9.17) is 4.74 Å². The van der Waals surface area contributed by atoms with Crippen molar-refractivity contribution in [2.75, 3.05) is 6.61 Å². The van der Waals surface area contributed by atoms with Crippen LogP contribution in [0.2, 0.25) is 0 Å². The molecule has 0 saturated carbocycles. The first kappa shape index (κ1) is 15.2. The summed E-state index contributed by atoms with van der Waals surface area (Å²) in [5.41, 5.74) is 1.08. The predicted molar refractivity (Wildman–Crippen MR) is 86.5 cm³/mol. The minimum Gasteiger partial charge on any atom is -0.466 e. The van der Waals surface area contributed by atoms with Gasteiger partial charge in [0.2, 0.25) is 5.70 Å². The summed E-state index contributed by atoms with van der Waals surface area (Å²) in [6.45, 7) is 1.54. The first-order valence-electron chi connectivity index (χ1n) is 7.53. The summed E-state index contributed by atoms with van der Waals surface area (Å²) in [5.74, 6) is -0.814. The van der Waals surface area contributed by atoms with Gasteiger partial charge in [-0.15, -0.1) is 0 Å². The maximum atomic E-state index is 11.4. The SMILES string of the molecule is CC(=O)OC[C@@H]1CC=C([N+](=O)[O-])[C@@H]1c1ccc2ccccc2c1. The van der Waals surface area contributed by atoms with Gasteiger partial charge in [0.05, 0.1) is 17.4 Å². The minimum atomic E-state index is -0.364. The van der Waals surface area contributed by atoms with Gasteiger partial charge in [-0.25, -0.2) is 0 Å². The van der Waals surface area contributed by atoms with Gasteiger partial charge >= 0.3 is 5.97 Å². The molecule has 0 saturated heterocycles. The molecule has 0 bridgehead atoms. The van der Waals surface area contributed by atoms with Gasteiger partial charge in [0, 0.05) is 12.8 Å². The van der Waals surface area contributed by atoms with E-state index in [1.54, 1.807) is 6.08 Å². The summed E-state index contributed by atoms with van der Waals surface area (Å²) >= 11 is 0. The van der Waals surface area contributed by atoms with Crippen LogP contribution in [-0.2, 0) is 9.53 Å².